The molecule has 0 radical (unpaired) electrons. The molecule has 0 aliphatic carbocycles. The molecule has 0 unspecified atom stereocenters. The highest BCUT2D eigenvalue weighted by molar-refractivity contribution is 9.10. The number of carboxylic acid groups (broad SMARTS) is 1. The molecule has 0 atom stereocenters. The molecule has 4 nitrogen and oxygen atoms in total. The summed E-state index contributed by atoms with van der Waals surface area (Å²) in [5.41, 5.74) is 0.723. The fourth-order valence-corrected chi connectivity index (χ4v) is 3.05. The van der Waals surface area contributed by atoms with Crippen LogP contribution in [0.4, 0.5) is 0 Å². The van der Waals surface area contributed by atoms with Crippen molar-refractivity contribution < 1.29 is 9.90 Å². The van der Waals surface area contributed by atoms with Gasteiger partial charge < -0.3 is 5.11 Å². The summed E-state index contributed by atoms with van der Waals surface area (Å²) >= 11 is 4.93. The fourth-order valence-electron chi connectivity index (χ4n) is 1.75. The van der Waals surface area contributed by atoms with Crippen LogP contribution >= 0.6 is 27.7 Å². The lowest BCUT2D eigenvalue weighted by molar-refractivity contribution is -0.136. The first-order valence-corrected chi connectivity index (χ1v) is 8.37. The zero-order chi connectivity index (χ0) is 15.6. The minimum absolute atomic E-state index is 0.123. The third kappa shape index (κ3) is 4.17. The molecule has 1 N–H and O–H groups in total. The van der Waals surface area contributed by atoms with Gasteiger partial charge in [-0.25, -0.2) is 9.97 Å². The molecule has 112 valence electrons. The fraction of sp³-hybridized carbons (Fsp3) is 0.400. The van der Waals surface area contributed by atoms with E-state index in [9.17, 15) is 4.79 Å². The molecular formula is C15H17BrN2O2S. The maximum Gasteiger partial charge on any atom is 0.304 e. The van der Waals surface area contributed by atoms with Crippen molar-refractivity contribution in [2.75, 3.05) is 5.75 Å². The number of hydrogen-bond donors (Lipinski definition) is 1. The zero-order valence-electron chi connectivity index (χ0n) is 12.2. The van der Waals surface area contributed by atoms with E-state index in [1.54, 1.807) is 0 Å². The first kappa shape index (κ1) is 16.2. The Kier molecular flexibility index (Phi) is 4.88. The standard InChI is InChI=1S/C15H17BrN2O2S/c1-15(2,3)14-17-11-8-9(16)4-5-10(11)13(18-14)21-7-6-12(19)20/h4-5,8H,6-7H2,1-3H3,(H,19,20). The van der Waals surface area contributed by atoms with E-state index in [2.05, 4.69) is 46.7 Å². The van der Waals surface area contributed by atoms with Crippen molar-refractivity contribution in [1.82, 2.24) is 9.97 Å². The van der Waals surface area contributed by atoms with Crippen LogP contribution in [0.15, 0.2) is 27.7 Å². The topological polar surface area (TPSA) is 63.1 Å². The first-order chi connectivity index (χ1) is 9.77. The van der Waals surface area contributed by atoms with Crippen molar-refractivity contribution in [2.24, 2.45) is 0 Å². The lowest BCUT2D eigenvalue weighted by Gasteiger charge is -2.18. The lowest BCUT2D eigenvalue weighted by Crippen LogP contribution is -2.16. The van der Waals surface area contributed by atoms with Crippen LogP contribution in [0.3, 0.4) is 0 Å². The van der Waals surface area contributed by atoms with E-state index in [0.717, 1.165) is 26.2 Å². The molecule has 0 saturated heterocycles. The number of carbonyl (C=O) groups is 1. The third-order valence-corrected chi connectivity index (χ3v) is 4.34. The van der Waals surface area contributed by atoms with E-state index in [1.165, 1.54) is 11.8 Å². The van der Waals surface area contributed by atoms with Gasteiger partial charge in [0.15, 0.2) is 0 Å². The van der Waals surface area contributed by atoms with Gasteiger partial charge in [0.25, 0.3) is 0 Å². The average Bonchev–Trinajstić information content (AvgIpc) is 2.36. The van der Waals surface area contributed by atoms with Crippen molar-refractivity contribution >= 4 is 44.6 Å². The predicted molar refractivity (Wildman–Crippen MR) is 88.9 cm³/mol. The number of halogens is 1. The maximum atomic E-state index is 10.7. The summed E-state index contributed by atoms with van der Waals surface area (Å²) in [6, 6.07) is 5.88. The second-order valence-electron chi connectivity index (χ2n) is 5.76. The van der Waals surface area contributed by atoms with Crippen LogP contribution < -0.4 is 0 Å². The highest BCUT2D eigenvalue weighted by Gasteiger charge is 2.20. The number of benzene rings is 1. The third-order valence-electron chi connectivity index (χ3n) is 2.85. The molecule has 2 rings (SSSR count). The van der Waals surface area contributed by atoms with E-state index < -0.39 is 5.97 Å². The molecule has 0 bridgehead atoms. The molecule has 2 aromatic rings. The lowest BCUT2D eigenvalue weighted by atomic mass is 9.95. The van der Waals surface area contributed by atoms with Crippen molar-refractivity contribution in [2.45, 2.75) is 37.6 Å². The number of rotatable bonds is 4. The summed E-state index contributed by atoms with van der Waals surface area (Å²) in [5.74, 6) is 0.478. The second kappa shape index (κ2) is 6.32. The van der Waals surface area contributed by atoms with Gasteiger partial charge in [-0.2, -0.15) is 0 Å². The van der Waals surface area contributed by atoms with Crippen molar-refractivity contribution in [3.05, 3.63) is 28.5 Å². The van der Waals surface area contributed by atoms with Gasteiger partial charge >= 0.3 is 5.97 Å². The van der Waals surface area contributed by atoms with Gasteiger partial charge in [0.1, 0.15) is 10.9 Å². The van der Waals surface area contributed by atoms with Crippen LogP contribution in [0, 0.1) is 0 Å². The Morgan fingerprint density at radius 2 is 2.05 bits per heavy atom. The molecule has 0 amide bonds. The van der Waals surface area contributed by atoms with E-state index in [1.807, 2.05) is 18.2 Å². The van der Waals surface area contributed by atoms with Crippen LogP contribution in [0.5, 0.6) is 0 Å². The van der Waals surface area contributed by atoms with Crippen molar-refractivity contribution in [3.63, 3.8) is 0 Å². The molecule has 0 aliphatic rings. The van der Waals surface area contributed by atoms with E-state index >= 15 is 0 Å². The second-order valence-corrected chi connectivity index (χ2v) is 7.76. The van der Waals surface area contributed by atoms with E-state index in [4.69, 9.17) is 5.11 Å². The maximum absolute atomic E-state index is 10.7. The van der Waals surface area contributed by atoms with Crippen LogP contribution in [0.2, 0.25) is 0 Å². The van der Waals surface area contributed by atoms with Gasteiger partial charge in [-0.15, -0.1) is 11.8 Å². The molecular weight excluding hydrogens is 352 g/mol. The summed E-state index contributed by atoms with van der Waals surface area (Å²) in [4.78, 5) is 20.0. The monoisotopic (exact) mass is 368 g/mol. The molecule has 0 spiro atoms. The Hall–Kier alpha value is -1.14. The van der Waals surface area contributed by atoms with Gasteiger partial charge in [0.2, 0.25) is 0 Å². The largest absolute Gasteiger partial charge is 0.481 e. The molecule has 0 fully saturated rings. The minimum atomic E-state index is -0.792. The quantitative estimate of drug-likeness (QED) is 0.645. The van der Waals surface area contributed by atoms with Crippen LogP contribution in [0.1, 0.15) is 33.0 Å². The van der Waals surface area contributed by atoms with Gasteiger partial charge in [0, 0.05) is 21.0 Å². The number of fused-ring (bicyclic) bond motifs is 1. The molecule has 1 aromatic carbocycles. The number of nitrogens with zero attached hydrogens (tertiary/aromatic N) is 2. The zero-order valence-corrected chi connectivity index (χ0v) is 14.6. The van der Waals surface area contributed by atoms with E-state index in [0.29, 0.717) is 5.75 Å². The van der Waals surface area contributed by atoms with Crippen LogP contribution in [0.25, 0.3) is 10.9 Å². The molecule has 0 aliphatic heterocycles. The molecule has 1 aromatic heterocycles. The SMILES string of the molecule is CC(C)(C)c1nc(SCCC(=O)O)c2ccc(Br)cc2n1. The number of carboxylic acids is 1. The predicted octanol–water partition coefficient (Wildman–Crippen LogP) is 4.26. The van der Waals surface area contributed by atoms with Crippen molar-refractivity contribution in [3.8, 4) is 0 Å². The molecule has 0 saturated carbocycles. The Morgan fingerprint density at radius 1 is 1.33 bits per heavy atom. The van der Waals surface area contributed by atoms with Gasteiger partial charge in [-0.3, -0.25) is 4.79 Å². The highest BCUT2D eigenvalue weighted by Crippen LogP contribution is 2.30. The summed E-state index contributed by atoms with van der Waals surface area (Å²) in [7, 11) is 0. The van der Waals surface area contributed by atoms with Crippen LogP contribution in [-0.4, -0.2) is 26.8 Å². The molecule has 6 heteroatoms. The normalized spacial score (nSPS) is 11.8. The number of aromatic nitrogens is 2. The van der Waals surface area contributed by atoms with E-state index in [-0.39, 0.29) is 11.8 Å². The van der Waals surface area contributed by atoms with Crippen molar-refractivity contribution in [1.29, 1.82) is 0 Å². The Balaban J connectivity index is 2.47. The Bertz CT molecular complexity index is 683. The smallest absolute Gasteiger partial charge is 0.304 e. The Morgan fingerprint density at radius 3 is 2.67 bits per heavy atom. The van der Waals surface area contributed by atoms with Gasteiger partial charge in [0.05, 0.1) is 11.9 Å². The number of hydrogen-bond acceptors (Lipinski definition) is 4. The summed E-state index contributed by atoms with van der Waals surface area (Å²) < 4.78 is 0.968. The minimum Gasteiger partial charge on any atom is -0.481 e. The summed E-state index contributed by atoms with van der Waals surface area (Å²) in [6.45, 7) is 6.20. The van der Waals surface area contributed by atoms with Gasteiger partial charge in [-0.1, -0.05) is 36.7 Å². The molecule has 21 heavy (non-hydrogen) atoms. The first-order valence-electron chi connectivity index (χ1n) is 6.60. The van der Waals surface area contributed by atoms with Crippen LogP contribution in [-0.2, 0) is 10.2 Å². The molecule has 1 heterocycles. The van der Waals surface area contributed by atoms with Gasteiger partial charge in [-0.05, 0) is 18.2 Å². The number of aliphatic carboxylic acids is 1. The number of thioether (sulfide) groups is 1. The average molecular weight is 369 g/mol. The highest BCUT2D eigenvalue weighted by atomic mass is 79.9. The summed E-state index contributed by atoms with van der Waals surface area (Å²) in [6.07, 6.45) is 0.123. The summed E-state index contributed by atoms with van der Waals surface area (Å²) in [5, 5.41) is 10.6. The Labute approximate surface area is 136 Å².